The van der Waals surface area contributed by atoms with Crippen LogP contribution in [0.15, 0.2) is 54.6 Å². The van der Waals surface area contributed by atoms with Gasteiger partial charge in [-0.2, -0.15) is 0 Å². The number of ether oxygens (including phenoxy) is 1. The van der Waals surface area contributed by atoms with Crippen molar-refractivity contribution in [2.75, 3.05) is 6.26 Å². The maximum absolute atomic E-state index is 11.6. The predicted molar refractivity (Wildman–Crippen MR) is 122 cm³/mol. The van der Waals surface area contributed by atoms with E-state index in [1.165, 1.54) is 0 Å². The van der Waals surface area contributed by atoms with Gasteiger partial charge >= 0.3 is 0 Å². The normalized spacial score (nSPS) is 11.5. The second-order valence-electron chi connectivity index (χ2n) is 7.54. The molecule has 0 unspecified atom stereocenters. The van der Waals surface area contributed by atoms with Crippen molar-refractivity contribution < 1.29 is 18.3 Å². The first-order chi connectivity index (χ1) is 14.8. The Bertz CT molecular complexity index is 1150. The van der Waals surface area contributed by atoms with E-state index in [9.17, 15) is 13.5 Å². The summed E-state index contributed by atoms with van der Waals surface area (Å²) in [5.41, 5.74) is 3.76. The van der Waals surface area contributed by atoms with E-state index in [0.29, 0.717) is 24.1 Å². The molecule has 0 aliphatic heterocycles. The average Bonchev–Trinajstić information content (AvgIpc) is 2.72. The number of sulfonamides is 1. The maximum Gasteiger partial charge on any atom is 0.209 e. The Morgan fingerprint density at radius 2 is 1.74 bits per heavy atom. The number of hydrogen-bond acceptors (Lipinski definition) is 5. The maximum atomic E-state index is 11.6. The van der Waals surface area contributed by atoms with Gasteiger partial charge in [0.2, 0.25) is 10.0 Å². The lowest BCUT2D eigenvalue weighted by molar-refractivity contribution is 0.453. The third-order valence-electron chi connectivity index (χ3n) is 4.96. The Kier molecular flexibility index (Phi) is 7.30. The van der Waals surface area contributed by atoms with Gasteiger partial charge in [-0.15, -0.1) is 0 Å². The van der Waals surface area contributed by atoms with Crippen LogP contribution in [0.1, 0.15) is 41.4 Å². The van der Waals surface area contributed by atoms with E-state index in [1.807, 2.05) is 68.4 Å². The molecular weight excluding hydrogens is 412 g/mol. The van der Waals surface area contributed by atoms with Crippen LogP contribution >= 0.6 is 0 Å². The minimum absolute atomic E-state index is 0.0277. The second-order valence-corrected chi connectivity index (χ2v) is 9.37. The zero-order valence-electron chi connectivity index (χ0n) is 18.1. The summed E-state index contributed by atoms with van der Waals surface area (Å²) in [7, 11) is -3.39. The molecule has 2 aromatic carbocycles. The van der Waals surface area contributed by atoms with Gasteiger partial charge in [-0.05, 0) is 48.7 Å². The summed E-state index contributed by atoms with van der Waals surface area (Å²) < 4.78 is 31.6. The van der Waals surface area contributed by atoms with Gasteiger partial charge in [0.15, 0.2) is 0 Å². The van der Waals surface area contributed by atoms with Crippen molar-refractivity contribution in [1.82, 2.24) is 9.71 Å². The molecule has 0 aliphatic carbocycles. The molecule has 7 heteroatoms. The lowest BCUT2D eigenvalue weighted by Crippen LogP contribution is -2.22. The van der Waals surface area contributed by atoms with E-state index in [4.69, 9.17) is 9.72 Å². The first kappa shape index (κ1) is 22.8. The Hall–Kier alpha value is -2.90. The Morgan fingerprint density at radius 3 is 2.42 bits per heavy atom. The number of aromatic hydroxyl groups is 1. The monoisotopic (exact) mass is 440 g/mol. The smallest absolute Gasteiger partial charge is 0.209 e. The fraction of sp³-hybridized carbons (Fsp3) is 0.292. The van der Waals surface area contributed by atoms with Crippen molar-refractivity contribution >= 4 is 10.0 Å². The summed E-state index contributed by atoms with van der Waals surface area (Å²) in [5, 5.41) is 10.7. The van der Waals surface area contributed by atoms with E-state index < -0.39 is 10.0 Å². The Morgan fingerprint density at radius 1 is 1.03 bits per heavy atom. The SMILES string of the molecule is CCCc1nc(Cc2cccc(Oc3ccccc3)c2)c(C)c(CNS(C)(=O)=O)c1O. The third kappa shape index (κ3) is 6.29. The molecule has 1 heterocycles. The first-order valence-corrected chi connectivity index (χ1v) is 12.1. The summed E-state index contributed by atoms with van der Waals surface area (Å²) in [6.07, 6.45) is 3.08. The minimum atomic E-state index is -3.39. The van der Waals surface area contributed by atoms with E-state index >= 15 is 0 Å². The number of pyridine rings is 1. The van der Waals surface area contributed by atoms with Crippen molar-refractivity contribution in [1.29, 1.82) is 0 Å². The number of benzene rings is 2. The van der Waals surface area contributed by atoms with Crippen molar-refractivity contribution in [2.45, 2.75) is 39.7 Å². The molecule has 3 rings (SSSR count). The summed E-state index contributed by atoms with van der Waals surface area (Å²) >= 11 is 0. The quantitative estimate of drug-likeness (QED) is 0.512. The van der Waals surface area contributed by atoms with Crippen LogP contribution in [-0.4, -0.2) is 24.8 Å². The van der Waals surface area contributed by atoms with Crippen molar-refractivity contribution in [3.63, 3.8) is 0 Å². The largest absolute Gasteiger partial charge is 0.506 e. The molecule has 0 atom stereocenters. The molecular formula is C24H28N2O4S. The van der Waals surface area contributed by atoms with Gasteiger partial charge in [0.25, 0.3) is 0 Å². The summed E-state index contributed by atoms with van der Waals surface area (Å²) in [6, 6.07) is 17.4. The van der Waals surface area contributed by atoms with Crippen molar-refractivity contribution in [2.24, 2.45) is 0 Å². The molecule has 0 spiro atoms. The van der Waals surface area contributed by atoms with Gasteiger partial charge in [0, 0.05) is 24.2 Å². The molecule has 164 valence electrons. The topological polar surface area (TPSA) is 88.5 Å². The molecule has 0 amide bonds. The Labute approximate surface area is 184 Å². The lowest BCUT2D eigenvalue weighted by atomic mass is 9.99. The first-order valence-electron chi connectivity index (χ1n) is 10.2. The highest BCUT2D eigenvalue weighted by molar-refractivity contribution is 7.88. The summed E-state index contributed by atoms with van der Waals surface area (Å²) in [4.78, 5) is 4.71. The number of aryl methyl sites for hydroxylation is 1. The van der Waals surface area contributed by atoms with E-state index in [-0.39, 0.29) is 12.3 Å². The van der Waals surface area contributed by atoms with Gasteiger partial charge in [0.1, 0.15) is 17.2 Å². The van der Waals surface area contributed by atoms with E-state index in [2.05, 4.69) is 4.72 Å². The minimum Gasteiger partial charge on any atom is -0.506 e. The fourth-order valence-electron chi connectivity index (χ4n) is 3.37. The molecule has 2 N–H and O–H groups in total. The average molecular weight is 441 g/mol. The number of nitrogens with one attached hydrogen (secondary N) is 1. The van der Waals surface area contributed by atoms with Gasteiger partial charge in [-0.25, -0.2) is 13.1 Å². The van der Waals surface area contributed by atoms with Crippen LogP contribution in [0.3, 0.4) is 0 Å². The number of nitrogens with zero attached hydrogens (tertiary/aromatic N) is 1. The lowest BCUT2D eigenvalue weighted by Gasteiger charge is -2.17. The zero-order valence-corrected chi connectivity index (χ0v) is 18.9. The second kappa shape index (κ2) is 9.94. The van der Waals surface area contributed by atoms with Crippen LogP contribution in [0, 0.1) is 6.92 Å². The molecule has 1 aromatic heterocycles. The number of hydrogen-bond donors (Lipinski definition) is 2. The molecule has 0 bridgehead atoms. The number of aromatic nitrogens is 1. The molecule has 6 nitrogen and oxygen atoms in total. The van der Waals surface area contributed by atoms with Crippen molar-refractivity contribution in [3.05, 3.63) is 82.7 Å². The molecule has 0 radical (unpaired) electrons. The van der Waals surface area contributed by atoms with Crippen LogP contribution in [0.4, 0.5) is 0 Å². The van der Waals surface area contributed by atoms with Crippen LogP contribution in [0.5, 0.6) is 17.2 Å². The van der Waals surface area contributed by atoms with E-state index in [0.717, 1.165) is 41.0 Å². The molecule has 0 aliphatic rings. The van der Waals surface area contributed by atoms with Gasteiger partial charge in [-0.3, -0.25) is 4.98 Å². The summed E-state index contributed by atoms with van der Waals surface area (Å²) in [6.45, 7) is 3.90. The van der Waals surface area contributed by atoms with Crippen LogP contribution in [0.2, 0.25) is 0 Å². The highest BCUT2D eigenvalue weighted by atomic mass is 32.2. The third-order valence-corrected chi connectivity index (χ3v) is 5.63. The van der Waals surface area contributed by atoms with Gasteiger partial charge in [-0.1, -0.05) is 43.7 Å². The molecule has 31 heavy (non-hydrogen) atoms. The number of para-hydroxylation sites is 1. The molecule has 0 saturated heterocycles. The highest BCUT2D eigenvalue weighted by Gasteiger charge is 2.18. The molecule has 3 aromatic rings. The zero-order chi connectivity index (χ0) is 22.4. The molecule has 0 fully saturated rings. The van der Waals surface area contributed by atoms with Crippen molar-refractivity contribution in [3.8, 4) is 17.2 Å². The Balaban J connectivity index is 1.91. The van der Waals surface area contributed by atoms with Crippen LogP contribution in [0.25, 0.3) is 0 Å². The fourth-order valence-corrected chi connectivity index (χ4v) is 3.77. The van der Waals surface area contributed by atoms with Gasteiger partial charge in [0.05, 0.1) is 11.9 Å². The summed E-state index contributed by atoms with van der Waals surface area (Å²) in [5.74, 6) is 1.56. The predicted octanol–water partition coefficient (Wildman–Crippen LogP) is 4.48. The van der Waals surface area contributed by atoms with Gasteiger partial charge < -0.3 is 9.84 Å². The standard InChI is InChI=1S/C24H28N2O4S/c1-4-9-22-24(27)21(16-25-31(3,28)29)17(2)23(26-22)15-18-10-8-13-20(14-18)30-19-11-6-5-7-12-19/h5-8,10-14,25,27H,4,9,15-16H2,1-3H3. The van der Waals surface area contributed by atoms with Crippen LogP contribution in [-0.2, 0) is 29.4 Å². The van der Waals surface area contributed by atoms with Crippen LogP contribution < -0.4 is 9.46 Å². The molecule has 0 saturated carbocycles. The van der Waals surface area contributed by atoms with E-state index in [1.54, 1.807) is 0 Å². The highest BCUT2D eigenvalue weighted by Crippen LogP contribution is 2.30. The number of rotatable bonds is 9.